The quantitative estimate of drug-likeness (QED) is 0.191. The Morgan fingerprint density at radius 2 is 1.78 bits per heavy atom. The third-order valence-corrected chi connectivity index (χ3v) is 8.92. The largest absolute Gasteiger partial charge is 0.497 e. The summed E-state index contributed by atoms with van der Waals surface area (Å²) in [4.78, 5) is 32.5. The Bertz CT molecular complexity index is 1970. The Kier molecular flexibility index (Phi) is 10.0. The lowest BCUT2D eigenvalue weighted by Crippen LogP contribution is -2.40. The Morgan fingerprint density at radius 3 is 2.44 bits per heavy atom. The van der Waals surface area contributed by atoms with Crippen LogP contribution in [0.15, 0.2) is 80.1 Å². The molecule has 234 valence electrons. The van der Waals surface area contributed by atoms with E-state index in [1.807, 2.05) is 18.2 Å². The fourth-order valence-corrected chi connectivity index (χ4v) is 6.74. The standard InChI is InChI=1S/C33H30BrClN2O7S/c1-6-43-32(39)28-18(2)36-33-37(29(28)23-16-22(40-3)11-12-25(23)41-4)31(38)27(45-33)15-20-13-24(34)30(26(14-20)42-5)44-17-19-7-9-21(35)10-8-19/h7-16,29H,6,17H2,1-5H3/b27-15-/t29-/m1/s1. The van der Waals surface area contributed by atoms with Gasteiger partial charge in [0, 0.05) is 10.6 Å². The summed E-state index contributed by atoms with van der Waals surface area (Å²) < 4.78 is 30.8. The molecule has 5 rings (SSSR count). The third kappa shape index (κ3) is 6.66. The molecule has 0 fully saturated rings. The number of rotatable bonds is 10. The first-order valence-electron chi connectivity index (χ1n) is 13.8. The normalized spacial score (nSPS) is 14.5. The summed E-state index contributed by atoms with van der Waals surface area (Å²) >= 11 is 10.8. The number of carbonyl (C=O) groups excluding carboxylic acids is 1. The predicted octanol–water partition coefficient (Wildman–Crippen LogP) is 5.82. The van der Waals surface area contributed by atoms with E-state index in [0.717, 1.165) is 5.56 Å². The first kappa shape index (κ1) is 32.3. The number of thiazole rings is 1. The summed E-state index contributed by atoms with van der Waals surface area (Å²) in [7, 11) is 4.63. The number of methoxy groups -OCH3 is 3. The molecule has 4 aromatic rings. The van der Waals surface area contributed by atoms with Gasteiger partial charge in [0.25, 0.3) is 5.56 Å². The van der Waals surface area contributed by atoms with Crippen LogP contribution in [0.2, 0.25) is 5.02 Å². The van der Waals surface area contributed by atoms with Crippen LogP contribution in [0.4, 0.5) is 0 Å². The second-order valence-electron chi connectivity index (χ2n) is 9.86. The number of ether oxygens (including phenoxy) is 5. The zero-order valence-electron chi connectivity index (χ0n) is 25.2. The van der Waals surface area contributed by atoms with Crippen molar-refractivity contribution < 1.29 is 28.5 Å². The number of benzene rings is 3. The molecule has 1 aromatic heterocycles. The highest BCUT2D eigenvalue weighted by Crippen LogP contribution is 2.39. The molecular weight excluding hydrogens is 684 g/mol. The first-order chi connectivity index (χ1) is 21.7. The molecule has 3 aromatic carbocycles. The Labute approximate surface area is 277 Å². The van der Waals surface area contributed by atoms with Crippen LogP contribution in [0, 0.1) is 0 Å². The van der Waals surface area contributed by atoms with Crippen molar-refractivity contribution in [2.45, 2.75) is 26.5 Å². The second-order valence-corrected chi connectivity index (χ2v) is 12.2. The SMILES string of the molecule is CCOC(=O)C1=C(C)N=c2s/c(=C\c3cc(Br)c(OCc4ccc(Cl)cc4)c(OC)c3)c(=O)n2[C@@H]1c1cc(OC)ccc1OC. The number of allylic oxidation sites excluding steroid dienone is 1. The van der Waals surface area contributed by atoms with Crippen LogP contribution in [0.1, 0.15) is 36.6 Å². The summed E-state index contributed by atoms with van der Waals surface area (Å²) in [5, 5.41) is 0.647. The molecule has 2 heterocycles. The lowest BCUT2D eigenvalue weighted by Gasteiger charge is -2.26. The zero-order chi connectivity index (χ0) is 32.2. The van der Waals surface area contributed by atoms with E-state index in [1.54, 1.807) is 70.5 Å². The number of hydrogen-bond acceptors (Lipinski definition) is 9. The molecule has 45 heavy (non-hydrogen) atoms. The topological polar surface area (TPSA) is 97.6 Å². The number of halogens is 2. The number of carbonyl (C=O) groups is 1. The number of nitrogens with zero attached hydrogens (tertiary/aromatic N) is 2. The predicted molar refractivity (Wildman–Crippen MR) is 176 cm³/mol. The highest BCUT2D eigenvalue weighted by atomic mass is 79.9. The van der Waals surface area contributed by atoms with Crippen LogP contribution in [-0.4, -0.2) is 38.5 Å². The summed E-state index contributed by atoms with van der Waals surface area (Å²) in [6.07, 6.45) is 1.75. The van der Waals surface area contributed by atoms with E-state index in [4.69, 9.17) is 35.3 Å². The molecule has 0 unspecified atom stereocenters. The third-order valence-electron chi connectivity index (χ3n) is 7.09. The molecule has 0 saturated carbocycles. The molecular formula is C33H30BrClN2O7S. The van der Waals surface area contributed by atoms with Crippen LogP contribution < -0.4 is 33.8 Å². The lowest BCUT2D eigenvalue weighted by atomic mass is 9.94. The minimum absolute atomic E-state index is 0.165. The highest BCUT2D eigenvalue weighted by Gasteiger charge is 2.35. The van der Waals surface area contributed by atoms with Crippen LogP contribution in [0.25, 0.3) is 6.08 Å². The summed E-state index contributed by atoms with van der Waals surface area (Å²) in [5.74, 6) is 1.46. The summed E-state index contributed by atoms with van der Waals surface area (Å²) in [6.45, 7) is 3.93. The Hall–Kier alpha value is -4.06. The molecule has 0 radical (unpaired) electrons. The van der Waals surface area contributed by atoms with Gasteiger partial charge in [0.15, 0.2) is 16.3 Å². The zero-order valence-corrected chi connectivity index (χ0v) is 28.3. The van der Waals surface area contributed by atoms with E-state index >= 15 is 0 Å². The van der Waals surface area contributed by atoms with Crippen molar-refractivity contribution in [3.63, 3.8) is 0 Å². The van der Waals surface area contributed by atoms with E-state index in [1.165, 1.54) is 23.0 Å². The smallest absolute Gasteiger partial charge is 0.338 e. The van der Waals surface area contributed by atoms with Gasteiger partial charge in [-0.15, -0.1) is 0 Å². The fourth-order valence-electron chi connectivity index (χ4n) is 4.99. The maximum absolute atomic E-state index is 14.1. The maximum Gasteiger partial charge on any atom is 0.338 e. The summed E-state index contributed by atoms with van der Waals surface area (Å²) in [6, 6.07) is 15.4. The first-order valence-corrected chi connectivity index (χ1v) is 15.8. The monoisotopic (exact) mass is 712 g/mol. The fraction of sp³-hybridized carbons (Fsp3) is 0.242. The van der Waals surface area contributed by atoms with Gasteiger partial charge in [-0.1, -0.05) is 35.1 Å². The van der Waals surface area contributed by atoms with Gasteiger partial charge in [0.1, 0.15) is 24.1 Å². The van der Waals surface area contributed by atoms with E-state index in [0.29, 0.717) is 65.3 Å². The molecule has 12 heteroatoms. The summed E-state index contributed by atoms with van der Waals surface area (Å²) in [5.41, 5.74) is 2.56. The number of esters is 1. The molecule has 1 aliphatic rings. The van der Waals surface area contributed by atoms with Crippen molar-refractivity contribution in [2.75, 3.05) is 27.9 Å². The van der Waals surface area contributed by atoms with E-state index < -0.39 is 12.0 Å². The van der Waals surface area contributed by atoms with Crippen LogP contribution in [0.3, 0.4) is 0 Å². The van der Waals surface area contributed by atoms with Crippen molar-refractivity contribution in [1.29, 1.82) is 0 Å². The van der Waals surface area contributed by atoms with Crippen molar-refractivity contribution in [1.82, 2.24) is 4.57 Å². The highest BCUT2D eigenvalue weighted by molar-refractivity contribution is 9.10. The molecule has 0 aliphatic carbocycles. The number of hydrogen-bond donors (Lipinski definition) is 0. The van der Waals surface area contributed by atoms with E-state index in [-0.39, 0.29) is 17.7 Å². The van der Waals surface area contributed by atoms with Crippen molar-refractivity contribution in [3.8, 4) is 23.0 Å². The van der Waals surface area contributed by atoms with Crippen LogP contribution in [0.5, 0.6) is 23.0 Å². The number of aromatic nitrogens is 1. The van der Waals surface area contributed by atoms with Crippen LogP contribution >= 0.6 is 38.9 Å². The van der Waals surface area contributed by atoms with Crippen molar-refractivity contribution in [3.05, 3.63) is 112 Å². The van der Waals surface area contributed by atoms with Gasteiger partial charge < -0.3 is 23.7 Å². The molecule has 9 nitrogen and oxygen atoms in total. The minimum Gasteiger partial charge on any atom is -0.497 e. The van der Waals surface area contributed by atoms with E-state index in [9.17, 15) is 9.59 Å². The van der Waals surface area contributed by atoms with Gasteiger partial charge in [-0.2, -0.15) is 0 Å². The Balaban J connectivity index is 1.62. The Morgan fingerprint density at radius 1 is 1.04 bits per heavy atom. The molecule has 0 N–H and O–H groups in total. The van der Waals surface area contributed by atoms with Crippen molar-refractivity contribution >= 4 is 50.9 Å². The van der Waals surface area contributed by atoms with Gasteiger partial charge in [-0.05, 0) is 89.4 Å². The van der Waals surface area contributed by atoms with Gasteiger partial charge >= 0.3 is 5.97 Å². The van der Waals surface area contributed by atoms with Gasteiger partial charge in [-0.25, -0.2) is 9.79 Å². The minimum atomic E-state index is -0.864. The molecule has 0 amide bonds. The molecule has 0 saturated heterocycles. The molecule has 1 atom stereocenters. The average molecular weight is 714 g/mol. The van der Waals surface area contributed by atoms with Gasteiger partial charge in [0.2, 0.25) is 0 Å². The number of fused-ring (bicyclic) bond motifs is 1. The molecule has 1 aliphatic heterocycles. The van der Waals surface area contributed by atoms with Crippen molar-refractivity contribution in [2.24, 2.45) is 4.99 Å². The maximum atomic E-state index is 14.1. The van der Waals surface area contributed by atoms with E-state index in [2.05, 4.69) is 20.9 Å². The molecule has 0 bridgehead atoms. The van der Waals surface area contributed by atoms with Gasteiger partial charge in [0.05, 0.1) is 48.2 Å². The second kappa shape index (κ2) is 13.9. The van der Waals surface area contributed by atoms with Gasteiger partial charge in [-0.3, -0.25) is 9.36 Å². The average Bonchev–Trinajstić information content (AvgIpc) is 3.33. The molecule has 0 spiro atoms. The lowest BCUT2D eigenvalue weighted by molar-refractivity contribution is -0.139. The van der Waals surface area contributed by atoms with Crippen LogP contribution in [-0.2, 0) is 16.1 Å².